The van der Waals surface area contributed by atoms with Crippen molar-refractivity contribution in [2.24, 2.45) is 0 Å². The molecule has 0 aliphatic heterocycles. The Labute approximate surface area is 312 Å². The standard InChI is InChI=1S/C40H79O10P/c1-3-5-7-9-11-13-15-17-18-20-22-24-26-28-30-32-40(44)50-38(36-49-51(45,46)48-34-37(42)33-41)35-47-39(43)31-29-27-25-23-21-19-16-14-12-10-8-6-4-2/h37-38,41-42H,3-36H2,1-2H3,(H,45,46)/t37-,38+/m1/s1. The SMILES string of the molecule is CCCCCCCCCCCCCCCCCC(=O)O[C@@H](COC(=O)CCCCCCCCCCCCCCC)COP(=O)(O)OC[C@H](O)CO. The molecule has 304 valence electrons. The first kappa shape index (κ1) is 50.0. The molecule has 0 amide bonds. The van der Waals surface area contributed by atoms with Gasteiger partial charge in [-0.1, -0.05) is 181 Å². The van der Waals surface area contributed by atoms with Crippen molar-refractivity contribution >= 4 is 19.8 Å². The Kier molecular flexibility index (Phi) is 36.5. The largest absolute Gasteiger partial charge is 0.472 e. The number of ether oxygens (including phenoxy) is 2. The van der Waals surface area contributed by atoms with Crippen LogP contribution < -0.4 is 0 Å². The van der Waals surface area contributed by atoms with E-state index in [9.17, 15) is 24.2 Å². The molecule has 0 aromatic carbocycles. The Bertz CT molecular complexity index is 827. The summed E-state index contributed by atoms with van der Waals surface area (Å²) >= 11 is 0. The van der Waals surface area contributed by atoms with Crippen molar-refractivity contribution in [2.75, 3.05) is 26.4 Å². The van der Waals surface area contributed by atoms with Gasteiger partial charge in [-0.15, -0.1) is 0 Å². The Morgan fingerprint density at radius 3 is 1.22 bits per heavy atom. The van der Waals surface area contributed by atoms with Crippen LogP contribution in [-0.2, 0) is 32.7 Å². The van der Waals surface area contributed by atoms with Crippen LogP contribution in [0.5, 0.6) is 0 Å². The average Bonchev–Trinajstić information content (AvgIpc) is 3.12. The molecular formula is C40H79O10P. The minimum atomic E-state index is -4.60. The Morgan fingerprint density at radius 2 is 0.843 bits per heavy atom. The third-order valence-corrected chi connectivity index (χ3v) is 10.2. The summed E-state index contributed by atoms with van der Waals surface area (Å²) in [4.78, 5) is 34.9. The molecule has 3 N–H and O–H groups in total. The summed E-state index contributed by atoms with van der Waals surface area (Å²) in [7, 11) is -4.60. The van der Waals surface area contributed by atoms with Crippen LogP contribution in [0.2, 0.25) is 0 Å². The molecule has 11 heteroatoms. The molecule has 0 radical (unpaired) electrons. The smallest absolute Gasteiger partial charge is 0.462 e. The molecular weight excluding hydrogens is 671 g/mol. The highest BCUT2D eigenvalue weighted by molar-refractivity contribution is 7.47. The summed E-state index contributed by atoms with van der Waals surface area (Å²) in [6.07, 6.45) is 32.1. The van der Waals surface area contributed by atoms with Gasteiger partial charge in [0, 0.05) is 12.8 Å². The Morgan fingerprint density at radius 1 is 0.510 bits per heavy atom. The molecule has 0 aromatic rings. The summed E-state index contributed by atoms with van der Waals surface area (Å²) < 4.78 is 32.7. The first-order valence-corrected chi connectivity index (χ1v) is 22.5. The normalized spacial score (nSPS) is 13.9. The molecule has 3 atom stereocenters. The van der Waals surface area contributed by atoms with Gasteiger partial charge in [0.25, 0.3) is 0 Å². The average molecular weight is 751 g/mol. The van der Waals surface area contributed by atoms with Crippen molar-refractivity contribution < 1.29 is 47.8 Å². The number of hydrogen-bond donors (Lipinski definition) is 3. The molecule has 0 fully saturated rings. The highest BCUT2D eigenvalue weighted by atomic mass is 31.2. The van der Waals surface area contributed by atoms with Gasteiger partial charge in [0.1, 0.15) is 12.7 Å². The summed E-state index contributed by atoms with van der Waals surface area (Å²) in [5.74, 6) is -0.911. The predicted molar refractivity (Wildman–Crippen MR) is 206 cm³/mol. The zero-order chi connectivity index (χ0) is 37.7. The molecule has 0 heterocycles. The van der Waals surface area contributed by atoms with Gasteiger partial charge in [0.15, 0.2) is 6.10 Å². The number of phosphoric ester groups is 1. The van der Waals surface area contributed by atoms with Gasteiger partial charge in [0.05, 0.1) is 19.8 Å². The van der Waals surface area contributed by atoms with Crippen LogP contribution in [-0.4, -0.2) is 65.7 Å². The van der Waals surface area contributed by atoms with Crippen LogP contribution in [0.15, 0.2) is 0 Å². The molecule has 0 rings (SSSR count). The van der Waals surface area contributed by atoms with Gasteiger partial charge in [-0.3, -0.25) is 18.6 Å². The number of rotatable bonds is 40. The second-order valence-corrected chi connectivity index (χ2v) is 15.8. The lowest BCUT2D eigenvalue weighted by molar-refractivity contribution is -0.161. The van der Waals surface area contributed by atoms with Crippen LogP contribution in [0.4, 0.5) is 0 Å². The highest BCUT2D eigenvalue weighted by Crippen LogP contribution is 2.43. The third kappa shape index (κ3) is 37.1. The fourth-order valence-corrected chi connectivity index (χ4v) is 6.78. The minimum absolute atomic E-state index is 0.192. The van der Waals surface area contributed by atoms with Crippen LogP contribution in [0.1, 0.15) is 206 Å². The lowest BCUT2D eigenvalue weighted by atomic mass is 10.0. The number of unbranched alkanes of at least 4 members (excludes halogenated alkanes) is 26. The van der Waals surface area contributed by atoms with E-state index in [1.165, 1.54) is 128 Å². The van der Waals surface area contributed by atoms with Crippen molar-refractivity contribution in [3.63, 3.8) is 0 Å². The van der Waals surface area contributed by atoms with E-state index in [1.54, 1.807) is 0 Å². The molecule has 0 aliphatic rings. The number of phosphoric acid groups is 1. The van der Waals surface area contributed by atoms with Crippen molar-refractivity contribution in [2.45, 2.75) is 219 Å². The number of carbonyl (C=O) groups is 2. The quantitative estimate of drug-likeness (QED) is 0.0314. The second-order valence-electron chi connectivity index (χ2n) is 14.4. The summed E-state index contributed by atoms with van der Waals surface area (Å²) in [6.45, 7) is 2.41. The maximum atomic E-state index is 12.6. The summed E-state index contributed by atoms with van der Waals surface area (Å²) in [6, 6.07) is 0. The third-order valence-electron chi connectivity index (χ3n) is 9.26. The van der Waals surface area contributed by atoms with Crippen LogP contribution in [0.3, 0.4) is 0 Å². The van der Waals surface area contributed by atoms with Gasteiger partial charge in [-0.05, 0) is 12.8 Å². The van der Waals surface area contributed by atoms with E-state index in [1.807, 2.05) is 0 Å². The fraction of sp³-hybridized carbons (Fsp3) is 0.950. The monoisotopic (exact) mass is 751 g/mol. The minimum Gasteiger partial charge on any atom is -0.462 e. The van der Waals surface area contributed by atoms with Crippen molar-refractivity contribution in [1.82, 2.24) is 0 Å². The van der Waals surface area contributed by atoms with Gasteiger partial charge in [-0.2, -0.15) is 0 Å². The van der Waals surface area contributed by atoms with Crippen LogP contribution in [0, 0.1) is 0 Å². The maximum absolute atomic E-state index is 12.6. The van der Waals surface area contributed by atoms with E-state index in [4.69, 9.17) is 19.1 Å². The fourth-order valence-electron chi connectivity index (χ4n) is 5.99. The number of esters is 2. The number of carbonyl (C=O) groups excluding carboxylic acids is 2. The lowest BCUT2D eigenvalue weighted by Gasteiger charge is -2.20. The molecule has 51 heavy (non-hydrogen) atoms. The first-order valence-electron chi connectivity index (χ1n) is 21.0. The zero-order valence-electron chi connectivity index (χ0n) is 32.8. The second kappa shape index (κ2) is 37.3. The predicted octanol–water partition coefficient (Wildman–Crippen LogP) is 10.7. The van der Waals surface area contributed by atoms with Crippen molar-refractivity contribution in [3.05, 3.63) is 0 Å². The molecule has 0 bridgehead atoms. The number of hydrogen-bond acceptors (Lipinski definition) is 9. The maximum Gasteiger partial charge on any atom is 0.472 e. The topological polar surface area (TPSA) is 149 Å². The van der Waals surface area contributed by atoms with Crippen molar-refractivity contribution in [1.29, 1.82) is 0 Å². The summed E-state index contributed by atoms with van der Waals surface area (Å²) in [5.41, 5.74) is 0. The van der Waals surface area contributed by atoms with E-state index >= 15 is 0 Å². The lowest BCUT2D eigenvalue weighted by Crippen LogP contribution is -2.29. The molecule has 10 nitrogen and oxygen atoms in total. The zero-order valence-corrected chi connectivity index (χ0v) is 33.7. The first-order chi connectivity index (χ1) is 24.7. The molecule has 0 aliphatic carbocycles. The molecule has 1 unspecified atom stereocenters. The Balaban J connectivity index is 4.28. The summed E-state index contributed by atoms with van der Waals surface area (Å²) in [5, 5.41) is 18.3. The van der Waals surface area contributed by atoms with Gasteiger partial charge in [-0.25, -0.2) is 4.57 Å². The molecule has 0 saturated carbocycles. The van der Waals surface area contributed by atoms with E-state index < -0.39 is 51.8 Å². The Hall–Kier alpha value is -1.03. The van der Waals surface area contributed by atoms with E-state index in [-0.39, 0.29) is 19.4 Å². The van der Waals surface area contributed by atoms with Gasteiger partial charge >= 0.3 is 19.8 Å². The van der Waals surface area contributed by atoms with E-state index in [0.717, 1.165) is 38.5 Å². The van der Waals surface area contributed by atoms with Gasteiger partial charge in [0.2, 0.25) is 0 Å². The molecule has 0 aromatic heterocycles. The van der Waals surface area contributed by atoms with Crippen LogP contribution in [0.25, 0.3) is 0 Å². The van der Waals surface area contributed by atoms with Crippen molar-refractivity contribution in [3.8, 4) is 0 Å². The van der Waals surface area contributed by atoms with E-state index in [2.05, 4.69) is 18.4 Å². The molecule has 0 spiro atoms. The number of aliphatic hydroxyl groups is 2. The van der Waals surface area contributed by atoms with Crippen LogP contribution >= 0.6 is 7.82 Å². The highest BCUT2D eigenvalue weighted by Gasteiger charge is 2.27. The number of aliphatic hydroxyl groups excluding tert-OH is 2. The van der Waals surface area contributed by atoms with E-state index in [0.29, 0.717) is 12.8 Å². The van der Waals surface area contributed by atoms with Gasteiger partial charge < -0.3 is 24.6 Å². The molecule has 0 saturated heterocycles.